The normalized spacial score (nSPS) is 20.5. The zero-order valence-electron chi connectivity index (χ0n) is 12.2. The number of carboxylic acids is 1. The summed E-state index contributed by atoms with van der Waals surface area (Å²) in [6.07, 6.45) is 0.582. The number of hydrogen-bond donors (Lipinski definition) is 2. The third kappa shape index (κ3) is 3.40. The maximum atomic E-state index is 12.0. The largest absolute Gasteiger partial charge is 0.479 e. The lowest BCUT2D eigenvalue weighted by Gasteiger charge is -2.23. The van der Waals surface area contributed by atoms with Crippen molar-refractivity contribution in [1.29, 1.82) is 0 Å². The fraction of sp³-hybridized carbons (Fsp3) is 0.429. The zero-order chi connectivity index (χ0) is 16.3. The molecule has 8 nitrogen and oxygen atoms in total. The van der Waals surface area contributed by atoms with E-state index in [-0.39, 0.29) is 31.8 Å². The summed E-state index contributed by atoms with van der Waals surface area (Å²) < 4.78 is 10.2. The first kappa shape index (κ1) is 15.6. The van der Waals surface area contributed by atoms with Crippen molar-refractivity contribution in [3.05, 3.63) is 23.4 Å². The topological polar surface area (TPSA) is 115 Å². The van der Waals surface area contributed by atoms with Crippen molar-refractivity contribution in [2.45, 2.75) is 24.8 Å². The van der Waals surface area contributed by atoms with Gasteiger partial charge in [-0.1, -0.05) is 11.2 Å². The number of carboxylic acid groups (broad SMARTS) is 1. The van der Waals surface area contributed by atoms with Gasteiger partial charge in [0.25, 0.3) is 0 Å². The molecule has 0 spiro atoms. The number of ether oxygens (including phenoxy) is 1. The Hall–Kier alpha value is -2.26. The zero-order valence-corrected chi connectivity index (χ0v) is 13.0. The molecule has 1 saturated heterocycles. The second-order valence-corrected chi connectivity index (χ2v) is 6.17. The Bertz CT molecular complexity index is 691. The van der Waals surface area contributed by atoms with Crippen molar-refractivity contribution >= 4 is 23.2 Å². The van der Waals surface area contributed by atoms with Gasteiger partial charge in [-0.15, -0.1) is 11.3 Å². The first-order valence-corrected chi connectivity index (χ1v) is 7.96. The van der Waals surface area contributed by atoms with E-state index in [0.717, 1.165) is 4.88 Å². The Balaban J connectivity index is 1.56. The highest BCUT2D eigenvalue weighted by Gasteiger charge is 2.43. The molecule has 1 amide bonds. The predicted molar refractivity (Wildman–Crippen MR) is 79.9 cm³/mol. The van der Waals surface area contributed by atoms with E-state index in [1.54, 1.807) is 0 Å². The third-order valence-electron chi connectivity index (χ3n) is 3.59. The van der Waals surface area contributed by atoms with Crippen molar-refractivity contribution < 1.29 is 24.0 Å². The van der Waals surface area contributed by atoms with Gasteiger partial charge >= 0.3 is 5.97 Å². The van der Waals surface area contributed by atoms with Gasteiger partial charge in [0.2, 0.25) is 17.6 Å². The van der Waals surface area contributed by atoms with Gasteiger partial charge < -0.3 is 19.7 Å². The van der Waals surface area contributed by atoms with Gasteiger partial charge in [-0.25, -0.2) is 4.79 Å². The highest BCUT2D eigenvalue weighted by molar-refractivity contribution is 7.13. The number of aromatic nitrogens is 2. The molecule has 0 radical (unpaired) electrons. The van der Waals surface area contributed by atoms with Crippen LogP contribution in [0.4, 0.5) is 0 Å². The van der Waals surface area contributed by atoms with Crippen molar-refractivity contribution in [3.63, 3.8) is 0 Å². The minimum absolute atomic E-state index is 0.0167. The summed E-state index contributed by atoms with van der Waals surface area (Å²) in [6.45, 7) is 0.303. The predicted octanol–water partition coefficient (Wildman–Crippen LogP) is 1.09. The number of carbonyl (C=O) groups is 2. The van der Waals surface area contributed by atoms with Crippen LogP contribution in [0.2, 0.25) is 0 Å². The van der Waals surface area contributed by atoms with Crippen LogP contribution in [0.15, 0.2) is 22.0 Å². The van der Waals surface area contributed by atoms with Crippen molar-refractivity contribution in [3.8, 4) is 10.7 Å². The van der Waals surface area contributed by atoms with E-state index in [0.29, 0.717) is 18.3 Å². The molecule has 0 bridgehead atoms. The van der Waals surface area contributed by atoms with Crippen LogP contribution in [0, 0.1) is 0 Å². The summed E-state index contributed by atoms with van der Waals surface area (Å²) in [4.78, 5) is 28.4. The van der Waals surface area contributed by atoms with E-state index in [1.807, 2.05) is 17.5 Å². The SMILES string of the molecule is O=C(CCc1nc(-c2cccs2)no1)NC1(C(=O)O)CCOC1. The summed E-state index contributed by atoms with van der Waals surface area (Å²) in [5.41, 5.74) is -1.33. The van der Waals surface area contributed by atoms with Crippen LogP contribution in [-0.4, -0.2) is 45.9 Å². The van der Waals surface area contributed by atoms with E-state index in [9.17, 15) is 14.7 Å². The summed E-state index contributed by atoms with van der Waals surface area (Å²) >= 11 is 1.49. The van der Waals surface area contributed by atoms with Gasteiger partial charge in [-0.2, -0.15) is 4.98 Å². The van der Waals surface area contributed by atoms with Crippen LogP contribution >= 0.6 is 11.3 Å². The highest BCUT2D eigenvalue weighted by atomic mass is 32.1. The van der Waals surface area contributed by atoms with Gasteiger partial charge in [0, 0.05) is 25.9 Å². The first-order chi connectivity index (χ1) is 11.1. The van der Waals surface area contributed by atoms with Gasteiger partial charge in [0.1, 0.15) is 0 Å². The summed E-state index contributed by atoms with van der Waals surface area (Å²) in [7, 11) is 0. The quantitative estimate of drug-likeness (QED) is 0.811. The van der Waals surface area contributed by atoms with E-state index in [4.69, 9.17) is 9.26 Å². The fourth-order valence-corrected chi connectivity index (χ4v) is 2.95. The average molecular weight is 337 g/mol. The summed E-state index contributed by atoms with van der Waals surface area (Å²) in [5.74, 6) is -0.632. The van der Waals surface area contributed by atoms with Crippen LogP contribution < -0.4 is 5.32 Å². The van der Waals surface area contributed by atoms with Crippen molar-refractivity contribution in [2.75, 3.05) is 13.2 Å². The summed E-state index contributed by atoms with van der Waals surface area (Å²) in [5, 5.41) is 17.6. The van der Waals surface area contributed by atoms with Gasteiger partial charge in [0.15, 0.2) is 5.54 Å². The van der Waals surface area contributed by atoms with Gasteiger partial charge in [-0.05, 0) is 11.4 Å². The fourth-order valence-electron chi connectivity index (χ4n) is 2.30. The molecule has 23 heavy (non-hydrogen) atoms. The third-order valence-corrected chi connectivity index (χ3v) is 4.45. The molecule has 1 aliphatic rings. The van der Waals surface area contributed by atoms with Crippen LogP contribution in [0.5, 0.6) is 0 Å². The molecule has 9 heteroatoms. The van der Waals surface area contributed by atoms with Crippen molar-refractivity contribution in [1.82, 2.24) is 15.5 Å². The molecule has 2 aromatic heterocycles. The molecular weight excluding hydrogens is 322 g/mol. The Morgan fingerprint density at radius 3 is 3.00 bits per heavy atom. The molecular formula is C14H15N3O5S. The maximum absolute atomic E-state index is 12.0. The molecule has 122 valence electrons. The number of carbonyl (C=O) groups excluding carboxylic acids is 1. The minimum Gasteiger partial charge on any atom is -0.479 e. The number of hydrogen-bond acceptors (Lipinski definition) is 7. The Labute approximate surface area is 135 Å². The molecule has 1 atom stereocenters. The van der Waals surface area contributed by atoms with Crippen LogP contribution in [0.1, 0.15) is 18.7 Å². The molecule has 0 aromatic carbocycles. The average Bonchev–Trinajstić information content (AvgIpc) is 3.26. The smallest absolute Gasteiger partial charge is 0.331 e. The second-order valence-electron chi connectivity index (χ2n) is 5.23. The summed E-state index contributed by atoms with van der Waals surface area (Å²) in [6, 6.07) is 3.77. The molecule has 0 aliphatic carbocycles. The molecule has 1 unspecified atom stereocenters. The standard InChI is InChI=1S/C14H15N3O5S/c18-10(16-14(13(19)20)5-6-21-8-14)3-4-11-15-12(17-22-11)9-2-1-7-23-9/h1-2,7H,3-6,8H2,(H,16,18)(H,19,20). The minimum atomic E-state index is -1.33. The van der Waals surface area contributed by atoms with E-state index >= 15 is 0 Å². The Kier molecular flexibility index (Phi) is 4.39. The number of amides is 1. The maximum Gasteiger partial charge on any atom is 0.331 e. The number of aryl methyl sites for hydroxylation is 1. The monoisotopic (exact) mass is 337 g/mol. The molecule has 0 saturated carbocycles. The lowest BCUT2D eigenvalue weighted by atomic mass is 9.98. The van der Waals surface area contributed by atoms with E-state index in [1.165, 1.54) is 11.3 Å². The lowest BCUT2D eigenvalue weighted by Crippen LogP contribution is -2.55. The van der Waals surface area contributed by atoms with E-state index in [2.05, 4.69) is 15.5 Å². The number of nitrogens with one attached hydrogen (secondary N) is 1. The molecule has 2 N–H and O–H groups in total. The van der Waals surface area contributed by atoms with Gasteiger partial charge in [0.05, 0.1) is 11.5 Å². The molecule has 1 fully saturated rings. The number of aliphatic carboxylic acids is 1. The highest BCUT2D eigenvalue weighted by Crippen LogP contribution is 2.22. The van der Waals surface area contributed by atoms with Crippen LogP contribution in [0.3, 0.4) is 0 Å². The Morgan fingerprint density at radius 1 is 1.48 bits per heavy atom. The second kappa shape index (κ2) is 6.47. The molecule has 3 rings (SSSR count). The molecule has 2 aromatic rings. The van der Waals surface area contributed by atoms with Crippen LogP contribution in [0.25, 0.3) is 10.7 Å². The molecule has 3 heterocycles. The number of thiophene rings is 1. The Morgan fingerprint density at radius 2 is 2.35 bits per heavy atom. The first-order valence-electron chi connectivity index (χ1n) is 7.08. The molecule has 1 aliphatic heterocycles. The van der Waals surface area contributed by atoms with Crippen molar-refractivity contribution in [2.24, 2.45) is 0 Å². The number of nitrogens with zero attached hydrogens (tertiary/aromatic N) is 2. The van der Waals surface area contributed by atoms with E-state index < -0.39 is 11.5 Å². The van der Waals surface area contributed by atoms with Crippen LogP contribution in [-0.2, 0) is 20.7 Å². The lowest BCUT2D eigenvalue weighted by molar-refractivity contribution is -0.147. The number of rotatable bonds is 6. The van der Waals surface area contributed by atoms with Gasteiger partial charge in [-0.3, -0.25) is 4.79 Å².